The first kappa shape index (κ1) is 10.4. The molecule has 0 aromatic carbocycles. The lowest BCUT2D eigenvalue weighted by atomic mass is 10.3. The molecule has 2 aromatic rings. The van der Waals surface area contributed by atoms with Gasteiger partial charge in [-0.15, -0.1) is 0 Å². The van der Waals surface area contributed by atoms with Gasteiger partial charge in [0, 0.05) is 25.0 Å². The summed E-state index contributed by atoms with van der Waals surface area (Å²) in [6.45, 7) is 0.675. The highest BCUT2D eigenvalue weighted by molar-refractivity contribution is 5.37. The highest BCUT2D eigenvalue weighted by atomic mass is 16.5. The molecular weight excluding hydrogens is 204 g/mol. The standard InChI is InChI=1S/C11H12N4O/c1-16-11-5-10(14-8-15-11)13-7-9-3-2-4-12-6-9/h2-6,8H,7H2,1H3,(H,13,14,15). The number of pyridine rings is 1. The summed E-state index contributed by atoms with van der Waals surface area (Å²) < 4.78 is 5.00. The van der Waals surface area contributed by atoms with Crippen LogP contribution in [0.4, 0.5) is 5.82 Å². The molecule has 0 fully saturated rings. The minimum Gasteiger partial charge on any atom is -0.481 e. The molecular formula is C11H12N4O. The van der Waals surface area contributed by atoms with Crippen LogP contribution in [0.25, 0.3) is 0 Å². The molecule has 2 heterocycles. The molecule has 2 aromatic heterocycles. The molecule has 5 heteroatoms. The zero-order valence-electron chi connectivity index (χ0n) is 8.92. The molecule has 2 rings (SSSR count). The molecule has 0 saturated carbocycles. The van der Waals surface area contributed by atoms with E-state index in [9.17, 15) is 0 Å². The zero-order valence-corrected chi connectivity index (χ0v) is 8.92. The quantitative estimate of drug-likeness (QED) is 0.839. The molecule has 16 heavy (non-hydrogen) atoms. The normalized spacial score (nSPS) is 9.81. The Labute approximate surface area is 93.5 Å². The van der Waals surface area contributed by atoms with Crippen LogP contribution in [0.2, 0.25) is 0 Å². The molecule has 1 N–H and O–H groups in total. The predicted octanol–water partition coefficient (Wildman–Crippen LogP) is 1.49. The first-order valence-electron chi connectivity index (χ1n) is 4.87. The third-order valence-corrected chi connectivity index (χ3v) is 2.05. The van der Waals surface area contributed by atoms with Crippen LogP contribution in [-0.4, -0.2) is 22.1 Å². The average molecular weight is 216 g/mol. The highest BCUT2D eigenvalue weighted by Gasteiger charge is 1.98. The van der Waals surface area contributed by atoms with Crippen molar-refractivity contribution >= 4 is 5.82 Å². The fourth-order valence-corrected chi connectivity index (χ4v) is 1.24. The van der Waals surface area contributed by atoms with Crippen molar-refractivity contribution in [3.8, 4) is 5.88 Å². The number of ether oxygens (including phenoxy) is 1. The van der Waals surface area contributed by atoms with E-state index < -0.39 is 0 Å². The lowest BCUT2D eigenvalue weighted by Crippen LogP contribution is -2.02. The van der Waals surface area contributed by atoms with Crippen LogP contribution in [0.15, 0.2) is 36.9 Å². The van der Waals surface area contributed by atoms with Crippen LogP contribution in [0.3, 0.4) is 0 Å². The van der Waals surface area contributed by atoms with Gasteiger partial charge >= 0.3 is 0 Å². The topological polar surface area (TPSA) is 59.9 Å². The van der Waals surface area contributed by atoms with Crippen LogP contribution >= 0.6 is 0 Å². The third-order valence-electron chi connectivity index (χ3n) is 2.05. The number of methoxy groups -OCH3 is 1. The molecule has 0 saturated heterocycles. The Hall–Kier alpha value is -2.17. The molecule has 82 valence electrons. The SMILES string of the molecule is COc1cc(NCc2cccnc2)ncn1. The van der Waals surface area contributed by atoms with Gasteiger partial charge in [0.1, 0.15) is 12.1 Å². The smallest absolute Gasteiger partial charge is 0.218 e. The largest absolute Gasteiger partial charge is 0.481 e. The second-order valence-corrected chi connectivity index (χ2v) is 3.16. The summed E-state index contributed by atoms with van der Waals surface area (Å²) in [6.07, 6.45) is 5.02. The lowest BCUT2D eigenvalue weighted by Gasteiger charge is -2.05. The van der Waals surface area contributed by atoms with E-state index in [0.29, 0.717) is 12.4 Å². The van der Waals surface area contributed by atoms with Crippen LogP contribution in [-0.2, 0) is 6.54 Å². The molecule has 5 nitrogen and oxygen atoms in total. The minimum atomic E-state index is 0.545. The van der Waals surface area contributed by atoms with Crippen molar-refractivity contribution < 1.29 is 4.74 Å². The van der Waals surface area contributed by atoms with Crippen LogP contribution in [0, 0.1) is 0 Å². The number of rotatable bonds is 4. The molecule has 0 aliphatic heterocycles. The fraction of sp³-hybridized carbons (Fsp3) is 0.182. The van der Waals surface area contributed by atoms with Crippen molar-refractivity contribution in [1.82, 2.24) is 15.0 Å². The maximum absolute atomic E-state index is 5.00. The van der Waals surface area contributed by atoms with E-state index in [1.807, 2.05) is 18.3 Å². The highest BCUT2D eigenvalue weighted by Crippen LogP contribution is 2.10. The fourth-order valence-electron chi connectivity index (χ4n) is 1.24. The number of hydrogen-bond donors (Lipinski definition) is 1. The number of anilines is 1. The van der Waals surface area contributed by atoms with E-state index in [0.717, 1.165) is 11.4 Å². The van der Waals surface area contributed by atoms with E-state index in [4.69, 9.17) is 4.74 Å². The zero-order chi connectivity index (χ0) is 11.2. The van der Waals surface area contributed by atoms with Crippen LogP contribution < -0.4 is 10.1 Å². The van der Waals surface area contributed by atoms with Gasteiger partial charge in [-0.25, -0.2) is 9.97 Å². The van der Waals surface area contributed by atoms with Crippen LogP contribution in [0.5, 0.6) is 5.88 Å². The van der Waals surface area contributed by atoms with E-state index >= 15 is 0 Å². The molecule has 0 unspecified atom stereocenters. The number of aromatic nitrogens is 3. The van der Waals surface area contributed by atoms with E-state index in [2.05, 4.69) is 20.3 Å². The third kappa shape index (κ3) is 2.66. The van der Waals surface area contributed by atoms with Crippen molar-refractivity contribution in [1.29, 1.82) is 0 Å². The minimum absolute atomic E-state index is 0.545. The van der Waals surface area contributed by atoms with Crippen molar-refractivity contribution in [3.05, 3.63) is 42.5 Å². The molecule has 0 aliphatic carbocycles. The number of hydrogen-bond acceptors (Lipinski definition) is 5. The summed E-state index contributed by atoms with van der Waals surface area (Å²) in [5.41, 5.74) is 1.10. The molecule has 0 radical (unpaired) electrons. The van der Waals surface area contributed by atoms with Gasteiger partial charge in [0.05, 0.1) is 7.11 Å². The molecule has 0 bridgehead atoms. The summed E-state index contributed by atoms with van der Waals surface area (Å²) in [5, 5.41) is 3.16. The summed E-state index contributed by atoms with van der Waals surface area (Å²) >= 11 is 0. The Bertz CT molecular complexity index is 447. The second kappa shape index (κ2) is 5.06. The van der Waals surface area contributed by atoms with Gasteiger partial charge in [-0.1, -0.05) is 6.07 Å². The van der Waals surface area contributed by atoms with Gasteiger partial charge < -0.3 is 10.1 Å². The van der Waals surface area contributed by atoms with E-state index in [-0.39, 0.29) is 0 Å². The predicted molar refractivity (Wildman–Crippen MR) is 60.1 cm³/mol. The van der Waals surface area contributed by atoms with E-state index in [1.54, 1.807) is 19.4 Å². The van der Waals surface area contributed by atoms with Crippen LogP contribution in [0.1, 0.15) is 5.56 Å². The van der Waals surface area contributed by atoms with Gasteiger partial charge in [-0.3, -0.25) is 4.98 Å². The second-order valence-electron chi connectivity index (χ2n) is 3.16. The number of nitrogens with zero attached hydrogens (tertiary/aromatic N) is 3. The summed E-state index contributed by atoms with van der Waals surface area (Å²) in [5.74, 6) is 1.28. The molecule has 0 atom stereocenters. The van der Waals surface area contributed by atoms with Gasteiger partial charge in [-0.05, 0) is 11.6 Å². The maximum atomic E-state index is 5.00. The monoisotopic (exact) mass is 216 g/mol. The van der Waals surface area contributed by atoms with Crippen molar-refractivity contribution in [2.45, 2.75) is 6.54 Å². The van der Waals surface area contributed by atoms with Gasteiger partial charge in [0.2, 0.25) is 5.88 Å². The first-order chi connectivity index (χ1) is 7.88. The summed E-state index contributed by atoms with van der Waals surface area (Å²) in [6, 6.07) is 5.65. The average Bonchev–Trinajstić information content (AvgIpc) is 2.38. The molecule has 0 aliphatic rings. The molecule has 0 spiro atoms. The summed E-state index contributed by atoms with van der Waals surface area (Å²) in [4.78, 5) is 12.0. The van der Waals surface area contributed by atoms with Crippen molar-refractivity contribution in [2.75, 3.05) is 12.4 Å². The lowest BCUT2D eigenvalue weighted by molar-refractivity contribution is 0.397. The Morgan fingerprint density at radius 2 is 2.31 bits per heavy atom. The van der Waals surface area contributed by atoms with Gasteiger partial charge in [0.25, 0.3) is 0 Å². The summed E-state index contributed by atoms with van der Waals surface area (Å²) in [7, 11) is 1.58. The Balaban J connectivity index is 1.99. The number of nitrogens with one attached hydrogen (secondary N) is 1. The van der Waals surface area contributed by atoms with Gasteiger partial charge in [-0.2, -0.15) is 0 Å². The Morgan fingerprint density at radius 1 is 1.38 bits per heavy atom. The van der Waals surface area contributed by atoms with Crippen molar-refractivity contribution in [2.24, 2.45) is 0 Å². The molecule has 0 amide bonds. The van der Waals surface area contributed by atoms with Gasteiger partial charge in [0.15, 0.2) is 0 Å². The maximum Gasteiger partial charge on any atom is 0.218 e. The first-order valence-corrected chi connectivity index (χ1v) is 4.87. The van der Waals surface area contributed by atoms with Crippen molar-refractivity contribution in [3.63, 3.8) is 0 Å². The van der Waals surface area contributed by atoms with E-state index in [1.165, 1.54) is 6.33 Å². The Morgan fingerprint density at radius 3 is 3.06 bits per heavy atom. The Kier molecular flexibility index (Phi) is 3.28.